The lowest BCUT2D eigenvalue weighted by Gasteiger charge is -2.19. The van der Waals surface area contributed by atoms with E-state index < -0.39 is 0 Å². The fourth-order valence-corrected chi connectivity index (χ4v) is 3.92. The Morgan fingerprint density at radius 2 is 1.07 bits per heavy atom. The lowest BCUT2D eigenvalue weighted by molar-refractivity contribution is 0.309. The van der Waals surface area contributed by atoms with E-state index >= 15 is 0 Å². The lowest BCUT2D eigenvalue weighted by Crippen LogP contribution is -2.27. The largest absolute Gasteiger partial charge is 0.369 e. The van der Waals surface area contributed by atoms with Crippen LogP contribution in [-0.2, 0) is 13.1 Å². The first kappa shape index (κ1) is 20.2. The highest BCUT2D eigenvalue weighted by Gasteiger charge is 2.13. The summed E-state index contributed by atoms with van der Waals surface area (Å²) < 4.78 is 4.21. The van der Waals surface area contributed by atoms with Crippen molar-refractivity contribution in [2.45, 2.75) is 40.8 Å². The van der Waals surface area contributed by atoms with Crippen molar-refractivity contribution in [1.29, 1.82) is 0 Å². The maximum atomic E-state index is 6.20. The third-order valence-corrected chi connectivity index (χ3v) is 6.20. The Morgan fingerprint density at radius 3 is 1.47 bits per heavy atom. The number of nitrogen functional groups attached to an aromatic ring is 2. The van der Waals surface area contributed by atoms with Crippen LogP contribution in [0, 0.1) is 27.7 Å². The zero-order valence-electron chi connectivity index (χ0n) is 18.5. The van der Waals surface area contributed by atoms with Crippen molar-refractivity contribution in [2.75, 3.05) is 31.6 Å². The number of likely N-dealkylation sites (N-methyl/N-ethyl adjacent to an activating group) is 1. The summed E-state index contributed by atoms with van der Waals surface area (Å²) in [6.07, 6.45) is 0. The molecule has 4 N–H and O–H groups in total. The predicted molar refractivity (Wildman–Crippen MR) is 125 cm³/mol. The number of hydrogen-bond donors (Lipinski definition) is 2. The van der Waals surface area contributed by atoms with Gasteiger partial charge in [-0.15, -0.1) is 0 Å². The summed E-state index contributed by atoms with van der Waals surface area (Å²) in [5.41, 5.74) is 21.5. The molecule has 4 aromatic rings. The molecule has 2 heterocycles. The van der Waals surface area contributed by atoms with Gasteiger partial charge in [0.15, 0.2) is 0 Å². The van der Waals surface area contributed by atoms with Gasteiger partial charge in [-0.25, -0.2) is 9.97 Å². The third-order valence-electron chi connectivity index (χ3n) is 6.20. The summed E-state index contributed by atoms with van der Waals surface area (Å²) in [5, 5.41) is 0. The van der Waals surface area contributed by atoms with Crippen molar-refractivity contribution in [2.24, 2.45) is 0 Å². The quantitative estimate of drug-likeness (QED) is 0.513. The molecule has 0 aliphatic heterocycles. The average molecular weight is 406 g/mol. The van der Waals surface area contributed by atoms with Gasteiger partial charge in [0.25, 0.3) is 0 Å². The van der Waals surface area contributed by atoms with Crippen LogP contribution in [0.4, 0.5) is 11.9 Å². The normalized spacial score (nSPS) is 11.9. The first-order valence-electron chi connectivity index (χ1n) is 10.4. The number of aromatic nitrogens is 4. The van der Waals surface area contributed by atoms with Gasteiger partial charge < -0.3 is 25.5 Å². The summed E-state index contributed by atoms with van der Waals surface area (Å²) in [6, 6.07) is 8.57. The molecule has 0 unspecified atom stereocenters. The van der Waals surface area contributed by atoms with Crippen LogP contribution in [0.25, 0.3) is 22.1 Å². The molecular weight excluding hydrogens is 374 g/mol. The van der Waals surface area contributed by atoms with E-state index in [4.69, 9.17) is 11.5 Å². The number of anilines is 2. The third kappa shape index (κ3) is 3.61. The molecule has 0 bridgehead atoms. The molecule has 4 rings (SSSR count). The highest BCUT2D eigenvalue weighted by molar-refractivity contribution is 5.81. The Kier molecular flexibility index (Phi) is 5.15. The molecule has 7 nitrogen and oxygen atoms in total. The molecule has 0 saturated carbocycles. The van der Waals surface area contributed by atoms with Crippen LogP contribution in [0.5, 0.6) is 0 Å². The molecular formula is C23H31N7. The molecule has 0 fully saturated rings. The number of nitrogens with two attached hydrogens (primary N) is 2. The Morgan fingerprint density at radius 1 is 0.700 bits per heavy atom. The fourth-order valence-electron chi connectivity index (χ4n) is 3.92. The summed E-state index contributed by atoms with van der Waals surface area (Å²) in [4.78, 5) is 11.4. The fraction of sp³-hybridized carbons (Fsp3) is 0.391. The summed E-state index contributed by atoms with van der Waals surface area (Å²) in [5.74, 6) is 1.14. The second-order valence-corrected chi connectivity index (χ2v) is 8.40. The second-order valence-electron chi connectivity index (χ2n) is 8.40. The van der Waals surface area contributed by atoms with Gasteiger partial charge in [0.2, 0.25) is 11.9 Å². The zero-order chi connectivity index (χ0) is 21.6. The molecule has 0 atom stereocenters. The van der Waals surface area contributed by atoms with Crippen molar-refractivity contribution in [1.82, 2.24) is 24.0 Å². The monoisotopic (exact) mass is 405 g/mol. The average Bonchev–Trinajstić information content (AvgIpc) is 3.14. The van der Waals surface area contributed by atoms with E-state index in [9.17, 15) is 0 Å². The van der Waals surface area contributed by atoms with Crippen LogP contribution < -0.4 is 11.5 Å². The minimum atomic E-state index is 0.569. The Bertz CT molecular complexity index is 1140. The van der Waals surface area contributed by atoms with Crippen molar-refractivity contribution >= 4 is 34.0 Å². The predicted octanol–water partition coefficient (Wildman–Crippen LogP) is 3.42. The maximum Gasteiger partial charge on any atom is 0.201 e. The van der Waals surface area contributed by atoms with Crippen LogP contribution in [0.3, 0.4) is 0 Å². The highest BCUT2D eigenvalue weighted by Crippen LogP contribution is 2.23. The van der Waals surface area contributed by atoms with E-state index in [1.807, 2.05) is 0 Å². The Balaban J connectivity index is 1.46. The highest BCUT2D eigenvalue weighted by atomic mass is 15.2. The van der Waals surface area contributed by atoms with Gasteiger partial charge in [0.05, 0.1) is 22.1 Å². The minimum absolute atomic E-state index is 0.569. The smallest absolute Gasteiger partial charge is 0.201 e. The zero-order valence-corrected chi connectivity index (χ0v) is 18.5. The van der Waals surface area contributed by atoms with Crippen LogP contribution in [0.1, 0.15) is 22.3 Å². The Hall–Kier alpha value is -3.06. The number of aryl methyl sites for hydroxylation is 4. The molecule has 158 valence electrons. The molecule has 0 aliphatic rings. The molecule has 2 aromatic carbocycles. The van der Waals surface area contributed by atoms with E-state index in [1.165, 1.54) is 22.3 Å². The van der Waals surface area contributed by atoms with Gasteiger partial charge in [0, 0.05) is 26.2 Å². The number of rotatable bonds is 6. The van der Waals surface area contributed by atoms with Gasteiger partial charge in [-0.1, -0.05) is 0 Å². The second kappa shape index (κ2) is 7.65. The number of benzene rings is 2. The van der Waals surface area contributed by atoms with E-state index in [2.05, 4.69) is 83.0 Å². The van der Waals surface area contributed by atoms with Crippen LogP contribution in [-0.4, -0.2) is 44.1 Å². The number of hydrogen-bond acceptors (Lipinski definition) is 5. The molecule has 0 radical (unpaired) electrons. The Labute approximate surface area is 177 Å². The van der Waals surface area contributed by atoms with Crippen LogP contribution in [0.2, 0.25) is 0 Å². The van der Waals surface area contributed by atoms with Crippen molar-refractivity contribution in [3.8, 4) is 0 Å². The SMILES string of the molecule is Cc1cc2nc(N)n(CCN(C)CCn3c(N)nc4cc(C)c(C)cc43)c2cc1C. The van der Waals surface area contributed by atoms with Gasteiger partial charge in [-0.2, -0.15) is 0 Å². The van der Waals surface area contributed by atoms with Crippen molar-refractivity contribution in [3.05, 3.63) is 46.5 Å². The van der Waals surface area contributed by atoms with Crippen molar-refractivity contribution < 1.29 is 0 Å². The van der Waals surface area contributed by atoms with E-state index in [1.54, 1.807) is 0 Å². The minimum Gasteiger partial charge on any atom is -0.369 e. The van der Waals surface area contributed by atoms with Gasteiger partial charge in [-0.05, 0) is 81.3 Å². The summed E-state index contributed by atoms with van der Waals surface area (Å²) in [6.45, 7) is 11.8. The molecule has 30 heavy (non-hydrogen) atoms. The van der Waals surface area contributed by atoms with Crippen molar-refractivity contribution in [3.63, 3.8) is 0 Å². The van der Waals surface area contributed by atoms with E-state index in [-0.39, 0.29) is 0 Å². The summed E-state index contributed by atoms with van der Waals surface area (Å²) >= 11 is 0. The van der Waals surface area contributed by atoms with E-state index in [0.717, 1.165) is 48.2 Å². The molecule has 0 spiro atoms. The lowest BCUT2D eigenvalue weighted by atomic mass is 10.1. The number of fused-ring (bicyclic) bond motifs is 2. The first-order chi connectivity index (χ1) is 14.2. The molecule has 2 aromatic heterocycles. The van der Waals surface area contributed by atoms with E-state index in [0.29, 0.717) is 11.9 Å². The molecule has 0 aliphatic carbocycles. The standard InChI is InChI=1S/C23H31N7/c1-14-10-18-20(12-16(14)3)29(22(24)26-18)8-6-28(5)7-9-30-21-13-17(4)15(2)11-19(21)27-23(30)25/h10-13H,6-9H2,1-5H3,(H2,24,26)(H2,25,27). The molecule has 0 saturated heterocycles. The molecule has 7 heteroatoms. The van der Waals surface area contributed by atoms with Gasteiger partial charge in [-0.3, -0.25) is 0 Å². The first-order valence-corrected chi connectivity index (χ1v) is 10.4. The topological polar surface area (TPSA) is 90.9 Å². The van der Waals surface area contributed by atoms with Gasteiger partial charge >= 0.3 is 0 Å². The van der Waals surface area contributed by atoms with Gasteiger partial charge in [0.1, 0.15) is 0 Å². The number of nitrogens with zero attached hydrogens (tertiary/aromatic N) is 5. The molecule has 0 amide bonds. The summed E-state index contributed by atoms with van der Waals surface area (Å²) in [7, 11) is 2.12. The van der Waals surface area contributed by atoms with Crippen LogP contribution >= 0.6 is 0 Å². The van der Waals surface area contributed by atoms with Crippen LogP contribution in [0.15, 0.2) is 24.3 Å². The number of imidazole rings is 2. The maximum absolute atomic E-state index is 6.20.